The Hall–Kier alpha value is -3.05. The maximum absolute atomic E-state index is 14.3. The van der Waals surface area contributed by atoms with E-state index in [2.05, 4.69) is 45.0 Å². The first kappa shape index (κ1) is 21.5. The van der Waals surface area contributed by atoms with E-state index in [-0.39, 0.29) is 5.82 Å². The van der Waals surface area contributed by atoms with Crippen LogP contribution in [0.5, 0.6) is 5.75 Å². The summed E-state index contributed by atoms with van der Waals surface area (Å²) in [4.78, 5) is 7.39. The van der Waals surface area contributed by atoms with Gasteiger partial charge in [-0.1, -0.05) is 30.3 Å². The quantitative estimate of drug-likeness (QED) is 0.484. The van der Waals surface area contributed by atoms with Crippen molar-refractivity contribution in [1.82, 2.24) is 4.90 Å². The molecule has 3 aliphatic heterocycles. The fourth-order valence-electron chi connectivity index (χ4n) is 5.74. The number of hydrogen-bond donors (Lipinski definition) is 0. The van der Waals surface area contributed by atoms with Crippen LogP contribution in [0, 0.1) is 5.82 Å². The summed E-state index contributed by atoms with van der Waals surface area (Å²) in [5.74, 6) is 0.673. The summed E-state index contributed by atoms with van der Waals surface area (Å²) < 4.78 is 20.4. The van der Waals surface area contributed by atoms with Gasteiger partial charge in [0.25, 0.3) is 0 Å². The Kier molecular flexibility index (Phi) is 5.88. The minimum Gasteiger partial charge on any atom is -0.487 e. The van der Waals surface area contributed by atoms with Gasteiger partial charge in [-0.3, -0.25) is 0 Å². The van der Waals surface area contributed by atoms with E-state index in [1.165, 1.54) is 43.2 Å². The summed E-state index contributed by atoms with van der Waals surface area (Å²) in [5, 5.41) is 0. The van der Waals surface area contributed by atoms with Crippen LogP contribution in [0.15, 0.2) is 66.7 Å². The third-order valence-electron chi connectivity index (χ3n) is 7.53. The molecule has 0 saturated carbocycles. The molecule has 0 aliphatic carbocycles. The third-order valence-corrected chi connectivity index (χ3v) is 7.53. The number of benzene rings is 3. The molecule has 0 N–H and O–H groups in total. The summed E-state index contributed by atoms with van der Waals surface area (Å²) >= 11 is 0. The van der Waals surface area contributed by atoms with Crippen LogP contribution in [-0.2, 0) is 13.0 Å². The second kappa shape index (κ2) is 9.30. The van der Waals surface area contributed by atoms with Crippen LogP contribution in [0.25, 0.3) is 0 Å². The second-order valence-electron chi connectivity index (χ2n) is 9.76. The van der Waals surface area contributed by atoms with Crippen LogP contribution in [0.3, 0.4) is 0 Å². The highest BCUT2D eigenvalue weighted by atomic mass is 19.1. The summed E-state index contributed by atoms with van der Waals surface area (Å²) in [6.07, 6.45) is 4.71. The van der Waals surface area contributed by atoms with Crippen LogP contribution >= 0.6 is 0 Å². The highest BCUT2D eigenvalue weighted by Crippen LogP contribution is 2.42. The van der Waals surface area contributed by atoms with Crippen LogP contribution < -0.4 is 14.5 Å². The van der Waals surface area contributed by atoms with E-state index in [1.54, 1.807) is 6.07 Å². The molecule has 3 aromatic rings. The molecule has 1 atom stereocenters. The average molecular weight is 458 g/mol. The molecule has 5 heteroatoms. The maximum atomic E-state index is 14.3. The molecule has 6 rings (SSSR count). The predicted octanol–water partition coefficient (Wildman–Crippen LogP) is 5.77. The van der Waals surface area contributed by atoms with Gasteiger partial charge in [0.2, 0.25) is 0 Å². The largest absolute Gasteiger partial charge is 0.487 e. The van der Waals surface area contributed by atoms with Crippen molar-refractivity contribution in [2.24, 2.45) is 0 Å². The van der Waals surface area contributed by atoms with Crippen molar-refractivity contribution in [3.8, 4) is 5.75 Å². The summed E-state index contributed by atoms with van der Waals surface area (Å²) in [5.41, 5.74) is 5.80. The molecule has 0 spiro atoms. The molecule has 34 heavy (non-hydrogen) atoms. The van der Waals surface area contributed by atoms with Crippen molar-refractivity contribution in [2.75, 3.05) is 42.5 Å². The topological polar surface area (TPSA) is 19.0 Å². The Morgan fingerprint density at radius 3 is 2.68 bits per heavy atom. The number of rotatable bonds is 5. The second-order valence-corrected chi connectivity index (χ2v) is 9.76. The molecular weight excluding hydrogens is 425 g/mol. The molecule has 3 aromatic carbocycles. The molecule has 4 nitrogen and oxygen atoms in total. The number of halogens is 1. The lowest BCUT2D eigenvalue weighted by molar-refractivity contribution is 0.310. The highest BCUT2D eigenvalue weighted by Gasteiger charge is 2.33. The number of anilines is 3. The number of nitrogens with zero attached hydrogens (tertiary/aromatic N) is 3. The van der Waals surface area contributed by atoms with Gasteiger partial charge in [0, 0.05) is 50.0 Å². The zero-order chi connectivity index (χ0) is 22.9. The van der Waals surface area contributed by atoms with E-state index >= 15 is 0 Å². The van der Waals surface area contributed by atoms with Crippen LogP contribution in [0.4, 0.5) is 21.5 Å². The molecule has 2 fully saturated rings. The number of para-hydroxylation sites is 2. The molecule has 176 valence electrons. The molecule has 0 amide bonds. The summed E-state index contributed by atoms with van der Waals surface area (Å²) in [6, 6.07) is 22.6. The van der Waals surface area contributed by atoms with Crippen molar-refractivity contribution in [1.29, 1.82) is 0 Å². The van der Waals surface area contributed by atoms with Crippen molar-refractivity contribution >= 4 is 17.1 Å². The Morgan fingerprint density at radius 2 is 1.76 bits per heavy atom. The smallest absolute Gasteiger partial charge is 0.143 e. The van der Waals surface area contributed by atoms with Crippen LogP contribution in [0.1, 0.15) is 30.4 Å². The normalized spacial score (nSPS) is 20.1. The third kappa shape index (κ3) is 4.25. The fraction of sp³-hybridized carbons (Fsp3) is 0.379. The first-order chi connectivity index (χ1) is 16.7. The first-order valence-corrected chi connectivity index (χ1v) is 12.6. The average Bonchev–Trinajstić information content (AvgIpc) is 3.54. The monoisotopic (exact) mass is 457 g/mol. The lowest BCUT2D eigenvalue weighted by atomic mass is 10.1. The van der Waals surface area contributed by atoms with Gasteiger partial charge in [0.05, 0.1) is 11.4 Å². The SMILES string of the molecule is Fc1ccc2c(c1)N([C@@H]1CCN(CCc3cccc(N4CCCC4)c3)C1)c1ccccc1OC2. The highest BCUT2D eigenvalue weighted by molar-refractivity contribution is 5.73. The Morgan fingerprint density at radius 1 is 0.882 bits per heavy atom. The van der Waals surface area contributed by atoms with Crippen molar-refractivity contribution in [3.05, 3.63) is 83.7 Å². The standard InChI is InChI=1S/C29H32FN3O/c30-24-11-10-23-21-34-29-9-2-1-8-27(29)33(28(23)19-24)26-13-17-31(20-26)16-12-22-6-5-7-25(18-22)32-14-3-4-15-32/h1-2,5-11,18-19,26H,3-4,12-17,20-21H2/t26-/m1/s1. The first-order valence-electron chi connectivity index (χ1n) is 12.6. The maximum Gasteiger partial charge on any atom is 0.143 e. The van der Waals surface area contributed by atoms with Gasteiger partial charge in [-0.25, -0.2) is 4.39 Å². The van der Waals surface area contributed by atoms with Crippen LogP contribution in [-0.4, -0.2) is 43.7 Å². The molecule has 0 radical (unpaired) electrons. The minimum absolute atomic E-state index is 0.198. The fourth-order valence-corrected chi connectivity index (χ4v) is 5.74. The lowest BCUT2D eigenvalue weighted by Gasteiger charge is -2.32. The van der Waals surface area contributed by atoms with Crippen molar-refractivity contribution in [2.45, 2.75) is 38.3 Å². The minimum atomic E-state index is -0.198. The lowest BCUT2D eigenvalue weighted by Crippen LogP contribution is -2.35. The van der Waals surface area contributed by atoms with E-state index in [0.717, 1.165) is 55.2 Å². The Balaban J connectivity index is 1.19. The zero-order valence-corrected chi connectivity index (χ0v) is 19.6. The van der Waals surface area contributed by atoms with Crippen molar-refractivity contribution in [3.63, 3.8) is 0 Å². The van der Waals surface area contributed by atoms with Gasteiger partial charge in [-0.2, -0.15) is 0 Å². The molecular formula is C29H32FN3O. The Bertz CT molecular complexity index is 1160. The van der Waals surface area contributed by atoms with Crippen LogP contribution in [0.2, 0.25) is 0 Å². The zero-order valence-electron chi connectivity index (χ0n) is 19.6. The molecule has 2 saturated heterocycles. The molecule has 3 aliphatic rings. The van der Waals surface area contributed by atoms with Gasteiger partial charge in [0.1, 0.15) is 18.2 Å². The molecule has 3 heterocycles. The van der Waals surface area contributed by atoms with Gasteiger partial charge in [-0.15, -0.1) is 0 Å². The van der Waals surface area contributed by atoms with Gasteiger partial charge in [0.15, 0.2) is 0 Å². The predicted molar refractivity (Wildman–Crippen MR) is 136 cm³/mol. The van der Waals surface area contributed by atoms with E-state index in [4.69, 9.17) is 4.74 Å². The van der Waals surface area contributed by atoms with Gasteiger partial charge < -0.3 is 19.4 Å². The number of likely N-dealkylation sites (tertiary alicyclic amines) is 1. The van der Waals surface area contributed by atoms with E-state index in [1.807, 2.05) is 24.3 Å². The number of ether oxygens (including phenoxy) is 1. The van der Waals surface area contributed by atoms with E-state index in [0.29, 0.717) is 12.6 Å². The summed E-state index contributed by atoms with van der Waals surface area (Å²) in [7, 11) is 0. The van der Waals surface area contributed by atoms with E-state index in [9.17, 15) is 4.39 Å². The van der Waals surface area contributed by atoms with Gasteiger partial charge in [-0.05, 0) is 67.6 Å². The number of fused-ring (bicyclic) bond motifs is 2. The van der Waals surface area contributed by atoms with E-state index < -0.39 is 0 Å². The Labute approximate surface area is 201 Å². The van der Waals surface area contributed by atoms with Crippen molar-refractivity contribution < 1.29 is 9.13 Å². The number of hydrogen-bond acceptors (Lipinski definition) is 4. The molecule has 0 unspecified atom stereocenters. The summed E-state index contributed by atoms with van der Waals surface area (Å²) in [6.45, 7) is 5.90. The van der Waals surface area contributed by atoms with Gasteiger partial charge >= 0.3 is 0 Å². The molecule has 0 aromatic heterocycles. The molecule has 0 bridgehead atoms.